The zero-order valence-electron chi connectivity index (χ0n) is 10.4. The fourth-order valence-electron chi connectivity index (χ4n) is 1.71. The average molecular weight is 247 g/mol. The van der Waals surface area contributed by atoms with E-state index in [4.69, 9.17) is 4.74 Å². The highest BCUT2D eigenvalue weighted by atomic mass is 16.5. The molecule has 0 saturated heterocycles. The van der Waals surface area contributed by atoms with Crippen molar-refractivity contribution >= 4 is 11.6 Å². The number of carbonyl (C=O) groups is 1. The van der Waals surface area contributed by atoms with E-state index in [9.17, 15) is 4.79 Å². The van der Waals surface area contributed by atoms with Gasteiger partial charge in [0.25, 0.3) is 0 Å². The summed E-state index contributed by atoms with van der Waals surface area (Å²) in [6.07, 6.45) is 4.09. The van der Waals surface area contributed by atoms with E-state index in [0.29, 0.717) is 26.2 Å². The fraction of sp³-hybridized carbons (Fsp3) is 0.385. The fourth-order valence-corrected chi connectivity index (χ4v) is 1.71. The minimum atomic E-state index is -0.0295. The lowest BCUT2D eigenvalue weighted by Gasteiger charge is -2.03. The highest BCUT2D eigenvalue weighted by Gasteiger charge is 2.06. The Morgan fingerprint density at radius 1 is 1.50 bits per heavy atom. The van der Waals surface area contributed by atoms with E-state index in [2.05, 4.69) is 10.3 Å². The van der Waals surface area contributed by atoms with Crippen LogP contribution < -0.4 is 5.32 Å². The summed E-state index contributed by atoms with van der Waals surface area (Å²) >= 11 is 0. The third kappa shape index (κ3) is 3.30. The third-order valence-electron chi connectivity index (χ3n) is 2.53. The summed E-state index contributed by atoms with van der Waals surface area (Å²) in [4.78, 5) is 16.0. The molecule has 1 amide bonds. The summed E-state index contributed by atoms with van der Waals surface area (Å²) in [5, 5.41) is 2.80. The predicted molar refractivity (Wildman–Crippen MR) is 68.4 cm³/mol. The number of hydrogen-bond donors (Lipinski definition) is 1. The van der Waals surface area contributed by atoms with Gasteiger partial charge in [-0.05, 0) is 19.1 Å². The van der Waals surface area contributed by atoms with Crippen LogP contribution in [0.15, 0.2) is 30.6 Å². The van der Waals surface area contributed by atoms with E-state index >= 15 is 0 Å². The number of fused-ring (bicyclic) bond motifs is 1. The number of hydrogen-bond acceptors (Lipinski definition) is 3. The Bertz CT molecular complexity index is 489. The molecule has 2 aromatic rings. The Morgan fingerprint density at radius 2 is 2.39 bits per heavy atom. The van der Waals surface area contributed by atoms with Crippen molar-refractivity contribution in [1.82, 2.24) is 14.7 Å². The summed E-state index contributed by atoms with van der Waals surface area (Å²) in [6.45, 7) is 3.69. The van der Waals surface area contributed by atoms with Crippen molar-refractivity contribution in [3.8, 4) is 0 Å². The quantitative estimate of drug-likeness (QED) is 0.776. The first-order valence-corrected chi connectivity index (χ1v) is 6.06. The van der Waals surface area contributed by atoms with Gasteiger partial charge >= 0.3 is 0 Å². The van der Waals surface area contributed by atoms with E-state index in [1.807, 2.05) is 41.9 Å². The lowest BCUT2D eigenvalue weighted by atomic mass is 10.3. The van der Waals surface area contributed by atoms with E-state index < -0.39 is 0 Å². The minimum absolute atomic E-state index is 0.0295. The van der Waals surface area contributed by atoms with Gasteiger partial charge in [0.2, 0.25) is 5.91 Å². The monoisotopic (exact) mass is 247 g/mol. The predicted octanol–water partition coefficient (Wildman–Crippen LogP) is 1.03. The molecule has 0 radical (unpaired) electrons. The van der Waals surface area contributed by atoms with Gasteiger partial charge in [0.15, 0.2) is 0 Å². The van der Waals surface area contributed by atoms with Gasteiger partial charge in [-0.2, -0.15) is 0 Å². The number of imidazole rings is 1. The van der Waals surface area contributed by atoms with E-state index in [0.717, 1.165) is 11.3 Å². The van der Waals surface area contributed by atoms with Gasteiger partial charge in [-0.3, -0.25) is 4.79 Å². The van der Waals surface area contributed by atoms with Crippen LogP contribution in [0.2, 0.25) is 0 Å². The molecule has 5 nitrogen and oxygen atoms in total. The molecule has 18 heavy (non-hydrogen) atoms. The number of nitrogens with zero attached hydrogens (tertiary/aromatic N) is 2. The molecule has 0 unspecified atom stereocenters. The first-order valence-electron chi connectivity index (χ1n) is 6.06. The van der Waals surface area contributed by atoms with Crippen molar-refractivity contribution < 1.29 is 9.53 Å². The molecule has 0 spiro atoms. The van der Waals surface area contributed by atoms with Crippen LogP contribution >= 0.6 is 0 Å². The summed E-state index contributed by atoms with van der Waals surface area (Å²) in [7, 11) is 0. The molecule has 0 aliphatic rings. The molecule has 2 heterocycles. The van der Waals surface area contributed by atoms with Crippen molar-refractivity contribution in [2.45, 2.75) is 13.3 Å². The Kier molecular flexibility index (Phi) is 4.30. The highest BCUT2D eigenvalue weighted by Crippen LogP contribution is 2.04. The van der Waals surface area contributed by atoms with Gasteiger partial charge in [0.05, 0.1) is 18.7 Å². The zero-order chi connectivity index (χ0) is 12.8. The number of ether oxygens (including phenoxy) is 1. The summed E-state index contributed by atoms with van der Waals surface area (Å²) in [5.41, 5.74) is 1.63. The standard InChI is InChI=1S/C13H17N3O2/c1-2-18-8-6-14-13(17)9-11-10-16-7-4-3-5-12(16)15-11/h3-5,7,10H,2,6,8-9H2,1H3,(H,14,17). The Morgan fingerprint density at radius 3 is 3.17 bits per heavy atom. The van der Waals surface area contributed by atoms with Crippen LogP contribution in [0, 0.1) is 0 Å². The maximum atomic E-state index is 11.6. The van der Waals surface area contributed by atoms with E-state index in [1.165, 1.54) is 0 Å². The first kappa shape index (κ1) is 12.6. The van der Waals surface area contributed by atoms with Gasteiger partial charge < -0.3 is 14.5 Å². The summed E-state index contributed by atoms with van der Waals surface area (Å²) in [6, 6.07) is 5.77. The molecule has 0 bridgehead atoms. The molecule has 1 N–H and O–H groups in total. The lowest BCUT2D eigenvalue weighted by Crippen LogP contribution is -2.28. The summed E-state index contributed by atoms with van der Waals surface area (Å²) in [5.74, 6) is -0.0295. The topological polar surface area (TPSA) is 55.6 Å². The van der Waals surface area contributed by atoms with Crippen LogP contribution in [0.25, 0.3) is 5.65 Å². The van der Waals surface area contributed by atoms with Crippen molar-refractivity contribution in [3.63, 3.8) is 0 Å². The Balaban J connectivity index is 1.86. The second-order valence-corrected chi connectivity index (χ2v) is 3.92. The molecule has 0 saturated carbocycles. The maximum Gasteiger partial charge on any atom is 0.226 e. The maximum absolute atomic E-state index is 11.6. The zero-order valence-corrected chi connectivity index (χ0v) is 10.4. The SMILES string of the molecule is CCOCCNC(=O)Cc1cn2ccccc2n1. The van der Waals surface area contributed by atoms with Crippen molar-refractivity contribution in [3.05, 3.63) is 36.3 Å². The van der Waals surface area contributed by atoms with Gasteiger partial charge in [-0.15, -0.1) is 0 Å². The molecule has 5 heteroatoms. The van der Waals surface area contributed by atoms with Crippen LogP contribution in [0.1, 0.15) is 12.6 Å². The molecular weight excluding hydrogens is 230 g/mol. The number of rotatable bonds is 6. The second kappa shape index (κ2) is 6.16. The largest absolute Gasteiger partial charge is 0.380 e. The third-order valence-corrected chi connectivity index (χ3v) is 2.53. The minimum Gasteiger partial charge on any atom is -0.380 e. The molecule has 0 aliphatic heterocycles. The van der Waals surface area contributed by atoms with Gasteiger partial charge in [-0.1, -0.05) is 6.07 Å². The average Bonchev–Trinajstić information content (AvgIpc) is 2.76. The Hall–Kier alpha value is -1.88. The molecular formula is C13H17N3O2. The number of nitrogens with one attached hydrogen (secondary N) is 1. The number of aromatic nitrogens is 2. The molecule has 0 aliphatic carbocycles. The van der Waals surface area contributed by atoms with Crippen molar-refractivity contribution in [2.75, 3.05) is 19.8 Å². The molecule has 2 rings (SSSR count). The van der Waals surface area contributed by atoms with Crippen molar-refractivity contribution in [1.29, 1.82) is 0 Å². The van der Waals surface area contributed by atoms with E-state index in [-0.39, 0.29) is 5.91 Å². The molecule has 0 aromatic carbocycles. The van der Waals surface area contributed by atoms with Crippen LogP contribution in [0.3, 0.4) is 0 Å². The van der Waals surface area contributed by atoms with Crippen LogP contribution in [-0.4, -0.2) is 35.1 Å². The highest BCUT2D eigenvalue weighted by molar-refractivity contribution is 5.78. The Labute approximate surface area is 106 Å². The normalized spacial score (nSPS) is 10.7. The van der Waals surface area contributed by atoms with Gasteiger partial charge in [0.1, 0.15) is 5.65 Å². The van der Waals surface area contributed by atoms with Crippen LogP contribution in [0.4, 0.5) is 0 Å². The smallest absolute Gasteiger partial charge is 0.226 e. The second-order valence-electron chi connectivity index (χ2n) is 3.92. The lowest BCUT2D eigenvalue weighted by molar-refractivity contribution is -0.120. The van der Waals surface area contributed by atoms with Crippen molar-refractivity contribution in [2.24, 2.45) is 0 Å². The first-order chi connectivity index (χ1) is 8.79. The van der Waals surface area contributed by atoms with Gasteiger partial charge in [0, 0.05) is 25.5 Å². The molecule has 2 aromatic heterocycles. The number of amides is 1. The van der Waals surface area contributed by atoms with Crippen LogP contribution in [-0.2, 0) is 16.0 Å². The molecule has 0 fully saturated rings. The van der Waals surface area contributed by atoms with Gasteiger partial charge in [-0.25, -0.2) is 4.98 Å². The molecule has 96 valence electrons. The number of pyridine rings is 1. The van der Waals surface area contributed by atoms with E-state index in [1.54, 1.807) is 0 Å². The van der Waals surface area contributed by atoms with Crippen LogP contribution in [0.5, 0.6) is 0 Å². The molecule has 0 atom stereocenters. The summed E-state index contributed by atoms with van der Waals surface area (Å²) < 4.78 is 7.05. The number of carbonyl (C=O) groups excluding carboxylic acids is 1.